The van der Waals surface area contributed by atoms with Crippen molar-refractivity contribution in [3.63, 3.8) is 0 Å². The van der Waals surface area contributed by atoms with Crippen LogP contribution < -0.4 is 10.1 Å². The first kappa shape index (κ1) is 26.7. The number of unbranched alkanes of at least 4 members (excludes halogenated alkanes) is 1. The number of amides is 3. The smallest absolute Gasteiger partial charge is 0.329 e. The molecule has 1 heterocycles. The van der Waals surface area contributed by atoms with Gasteiger partial charge in [-0.3, -0.25) is 19.3 Å². The second-order valence-corrected chi connectivity index (χ2v) is 10.8. The predicted molar refractivity (Wildman–Crippen MR) is 151 cm³/mol. The van der Waals surface area contributed by atoms with E-state index in [0.29, 0.717) is 17.9 Å². The molecule has 2 bridgehead atoms. The van der Waals surface area contributed by atoms with Crippen molar-refractivity contribution in [1.29, 1.82) is 0 Å². The number of nitrogens with one attached hydrogen (secondary N) is 1. The summed E-state index contributed by atoms with van der Waals surface area (Å²) in [6.45, 7) is 1.43. The standard InChI is InChI=1S/C33H32N2O6/c1-3-4-16-24(33(39)41-18-26(36)34-23-15-9-10-17-25(23)40-2)35-31(37)29-27-19-11-5-6-12-20(19)28(30(29)32(35)38)22-14-8-7-13-21(22)27/h5-15,17,24,27-30H,3-4,16,18H2,1-2H3,(H,34,36)/t24-,27?,28?,29-,30+/m0/s1. The van der Waals surface area contributed by atoms with Crippen molar-refractivity contribution < 1.29 is 28.7 Å². The first-order valence-corrected chi connectivity index (χ1v) is 14.1. The van der Waals surface area contributed by atoms with Crippen molar-refractivity contribution in [2.45, 2.75) is 44.1 Å². The normalized spacial score (nSPS) is 22.4. The van der Waals surface area contributed by atoms with E-state index in [1.807, 2.05) is 55.5 Å². The number of hydrogen-bond acceptors (Lipinski definition) is 6. The van der Waals surface area contributed by atoms with Crippen molar-refractivity contribution in [2.24, 2.45) is 11.8 Å². The highest BCUT2D eigenvalue weighted by Crippen LogP contribution is 2.61. The van der Waals surface area contributed by atoms with E-state index in [-0.39, 0.29) is 30.1 Å². The van der Waals surface area contributed by atoms with Crippen molar-refractivity contribution in [1.82, 2.24) is 4.90 Å². The molecule has 1 fully saturated rings. The first-order chi connectivity index (χ1) is 20.0. The fourth-order valence-corrected chi connectivity index (χ4v) is 6.92. The summed E-state index contributed by atoms with van der Waals surface area (Å²) in [4.78, 5) is 55.5. The van der Waals surface area contributed by atoms with Gasteiger partial charge in [0.15, 0.2) is 6.61 Å². The molecule has 210 valence electrons. The monoisotopic (exact) mass is 552 g/mol. The van der Waals surface area contributed by atoms with Gasteiger partial charge >= 0.3 is 5.97 Å². The van der Waals surface area contributed by atoms with Gasteiger partial charge < -0.3 is 14.8 Å². The lowest BCUT2D eigenvalue weighted by Gasteiger charge is -2.45. The SMILES string of the molecule is CCCC[C@@H](C(=O)OCC(=O)Nc1ccccc1OC)N1C(=O)[C@@H]2C3c4ccccc4C(c4ccccc43)[C@@H]2C1=O. The van der Waals surface area contributed by atoms with E-state index in [1.54, 1.807) is 24.3 Å². The Morgan fingerprint density at radius 3 is 1.85 bits per heavy atom. The second-order valence-electron chi connectivity index (χ2n) is 10.8. The third kappa shape index (κ3) is 4.38. The highest BCUT2D eigenvalue weighted by atomic mass is 16.5. The summed E-state index contributed by atoms with van der Waals surface area (Å²) in [5, 5.41) is 2.68. The Labute approximate surface area is 238 Å². The molecule has 3 amide bonds. The van der Waals surface area contributed by atoms with Crippen LogP contribution >= 0.6 is 0 Å². The van der Waals surface area contributed by atoms with E-state index < -0.39 is 36.4 Å². The Bertz CT molecular complexity index is 1420. The van der Waals surface area contributed by atoms with Crippen LogP contribution in [0.4, 0.5) is 5.69 Å². The van der Waals surface area contributed by atoms with Crippen LogP contribution in [0.5, 0.6) is 5.75 Å². The zero-order valence-electron chi connectivity index (χ0n) is 23.0. The number of esters is 1. The van der Waals surface area contributed by atoms with Gasteiger partial charge in [-0.05, 0) is 40.8 Å². The molecule has 7 rings (SSSR count). The number of benzene rings is 3. The van der Waals surface area contributed by atoms with E-state index >= 15 is 0 Å². The quantitative estimate of drug-likeness (QED) is 0.307. The minimum Gasteiger partial charge on any atom is -0.495 e. The molecule has 3 aliphatic carbocycles. The number of imide groups is 1. The van der Waals surface area contributed by atoms with Crippen LogP contribution in [0, 0.1) is 11.8 Å². The summed E-state index contributed by atoms with van der Waals surface area (Å²) in [6, 6.07) is 21.9. The number of anilines is 1. The van der Waals surface area contributed by atoms with Crippen LogP contribution in [0.25, 0.3) is 0 Å². The minimum absolute atomic E-state index is 0.256. The summed E-state index contributed by atoms with van der Waals surface area (Å²) in [5.41, 5.74) is 4.73. The third-order valence-electron chi connectivity index (χ3n) is 8.62. The molecule has 4 aliphatic rings. The minimum atomic E-state index is -1.09. The number of nitrogens with zero attached hydrogens (tertiary/aromatic N) is 1. The number of para-hydroxylation sites is 2. The highest BCUT2D eigenvalue weighted by Gasteiger charge is 2.63. The van der Waals surface area contributed by atoms with Crippen molar-refractivity contribution in [3.8, 4) is 5.75 Å². The van der Waals surface area contributed by atoms with Crippen molar-refractivity contribution in [3.05, 3.63) is 95.1 Å². The molecule has 0 unspecified atom stereocenters. The molecule has 1 saturated heterocycles. The number of hydrogen-bond donors (Lipinski definition) is 1. The Morgan fingerprint density at radius 2 is 1.34 bits per heavy atom. The van der Waals surface area contributed by atoms with Gasteiger partial charge in [0.2, 0.25) is 11.8 Å². The maximum Gasteiger partial charge on any atom is 0.329 e. The summed E-state index contributed by atoms with van der Waals surface area (Å²) >= 11 is 0. The van der Waals surface area contributed by atoms with E-state index in [0.717, 1.165) is 33.6 Å². The summed E-state index contributed by atoms with van der Waals surface area (Å²) < 4.78 is 10.7. The van der Waals surface area contributed by atoms with Gasteiger partial charge in [-0.15, -0.1) is 0 Å². The zero-order chi connectivity index (χ0) is 28.7. The molecule has 3 aromatic rings. The topological polar surface area (TPSA) is 102 Å². The maximum absolute atomic E-state index is 14.1. The van der Waals surface area contributed by atoms with Crippen LogP contribution in [-0.4, -0.2) is 48.3 Å². The molecule has 8 heteroatoms. The Balaban J connectivity index is 1.26. The molecule has 3 atom stereocenters. The van der Waals surface area contributed by atoms with Gasteiger partial charge in [-0.25, -0.2) is 4.79 Å². The molecule has 0 aromatic heterocycles. The highest BCUT2D eigenvalue weighted by molar-refractivity contribution is 6.10. The molecule has 3 aromatic carbocycles. The number of carbonyl (C=O) groups is 4. The molecule has 0 radical (unpaired) electrons. The maximum atomic E-state index is 14.1. The average molecular weight is 553 g/mol. The Morgan fingerprint density at radius 1 is 0.829 bits per heavy atom. The number of rotatable bonds is 9. The fourth-order valence-electron chi connectivity index (χ4n) is 6.92. The van der Waals surface area contributed by atoms with E-state index in [1.165, 1.54) is 7.11 Å². The molecule has 0 spiro atoms. The molecule has 8 nitrogen and oxygen atoms in total. The number of carbonyl (C=O) groups excluding carboxylic acids is 4. The molecule has 1 aliphatic heterocycles. The number of ether oxygens (including phenoxy) is 2. The van der Waals surface area contributed by atoms with Gasteiger partial charge in [0.1, 0.15) is 11.8 Å². The fraction of sp³-hybridized carbons (Fsp3) is 0.333. The molecule has 41 heavy (non-hydrogen) atoms. The average Bonchev–Trinajstić information content (AvgIpc) is 3.26. The van der Waals surface area contributed by atoms with Crippen molar-refractivity contribution in [2.75, 3.05) is 19.0 Å². The Hall–Kier alpha value is -4.46. The first-order valence-electron chi connectivity index (χ1n) is 14.1. The molecule has 0 saturated carbocycles. The van der Waals surface area contributed by atoms with E-state index in [2.05, 4.69) is 5.32 Å². The predicted octanol–water partition coefficient (Wildman–Crippen LogP) is 4.63. The van der Waals surface area contributed by atoms with E-state index in [4.69, 9.17) is 9.47 Å². The molecular weight excluding hydrogens is 520 g/mol. The zero-order valence-corrected chi connectivity index (χ0v) is 23.0. The van der Waals surface area contributed by atoms with Gasteiger partial charge in [-0.1, -0.05) is 80.4 Å². The van der Waals surface area contributed by atoms with Gasteiger partial charge in [-0.2, -0.15) is 0 Å². The summed E-state index contributed by atoms with van der Waals surface area (Å²) in [5.74, 6) is -3.18. The lowest BCUT2D eigenvalue weighted by molar-refractivity contribution is -0.160. The molecular formula is C33H32N2O6. The van der Waals surface area contributed by atoms with Crippen LogP contribution in [-0.2, 0) is 23.9 Å². The van der Waals surface area contributed by atoms with Crippen LogP contribution in [0.1, 0.15) is 60.3 Å². The van der Waals surface area contributed by atoms with Crippen molar-refractivity contribution >= 4 is 29.4 Å². The van der Waals surface area contributed by atoms with Gasteiger partial charge in [0, 0.05) is 11.8 Å². The van der Waals surface area contributed by atoms with Crippen LogP contribution in [0.2, 0.25) is 0 Å². The lowest BCUT2D eigenvalue weighted by atomic mass is 9.55. The largest absolute Gasteiger partial charge is 0.495 e. The van der Waals surface area contributed by atoms with Gasteiger partial charge in [0.25, 0.3) is 5.91 Å². The van der Waals surface area contributed by atoms with Crippen LogP contribution in [0.3, 0.4) is 0 Å². The van der Waals surface area contributed by atoms with Crippen LogP contribution in [0.15, 0.2) is 72.8 Å². The number of methoxy groups -OCH3 is 1. The summed E-state index contributed by atoms with van der Waals surface area (Å²) in [6.07, 6.45) is 1.66. The third-order valence-corrected chi connectivity index (χ3v) is 8.62. The lowest BCUT2D eigenvalue weighted by Crippen LogP contribution is -2.47. The molecule has 1 N–H and O–H groups in total. The summed E-state index contributed by atoms with van der Waals surface area (Å²) in [7, 11) is 1.49. The van der Waals surface area contributed by atoms with Gasteiger partial charge in [0.05, 0.1) is 24.6 Å². The Kier molecular flexibility index (Phi) is 7.07. The van der Waals surface area contributed by atoms with E-state index in [9.17, 15) is 19.2 Å². The number of likely N-dealkylation sites (tertiary alicyclic amines) is 1. The second kappa shape index (κ2) is 10.8.